The van der Waals surface area contributed by atoms with Crippen molar-refractivity contribution < 1.29 is 19.4 Å². The summed E-state index contributed by atoms with van der Waals surface area (Å²) in [6, 6.07) is 2.84. The van der Waals surface area contributed by atoms with Crippen LogP contribution in [0.5, 0.6) is 11.5 Å². The lowest BCUT2D eigenvalue weighted by Crippen LogP contribution is -2.32. The first-order chi connectivity index (χ1) is 9.58. The van der Waals surface area contributed by atoms with E-state index < -0.39 is 12.0 Å². The number of nitrogens with two attached hydrogens (primary N) is 1. The molecule has 1 aliphatic rings. The zero-order valence-corrected chi connectivity index (χ0v) is 12.4. The molecule has 0 saturated heterocycles. The summed E-state index contributed by atoms with van der Waals surface area (Å²) in [5.74, 6) is 1.21. The van der Waals surface area contributed by atoms with Gasteiger partial charge in [0.1, 0.15) is 6.04 Å². The molecule has 0 aliphatic carbocycles. The SMILES string of the molecule is N[C@H](CSCc1cc(Cl)c2c(c1)OCCCO2)C(=O)O. The number of rotatable bonds is 5. The summed E-state index contributed by atoms with van der Waals surface area (Å²) in [5.41, 5.74) is 6.41. The quantitative estimate of drug-likeness (QED) is 0.866. The van der Waals surface area contributed by atoms with Crippen LogP contribution in [-0.4, -0.2) is 36.1 Å². The van der Waals surface area contributed by atoms with E-state index in [0.29, 0.717) is 41.2 Å². The maximum atomic E-state index is 10.6. The second-order valence-corrected chi connectivity index (χ2v) is 5.85. The molecular weight excluding hydrogens is 302 g/mol. The summed E-state index contributed by atoms with van der Waals surface area (Å²) in [6.45, 7) is 1.19. The van der Waals surface area contributed by atoms with Gasteiger partial charge in [0.15, 0.2) is 11.5 Å². The number of thioether (sulfide) groups is 1. The third-order valence-electron chi connectivity index (χ3n) is 2.75. The van der Waals surface area contributed by atoms with Gasteiger partial charge in [-0.05, 0) is 17.7 Å². The van der Waals surface area contributed by atoms with Crippen LogP contribution in [0.2, 0.25) is 5.02 Å². The fraction of sp³-hybridized carbons (Fsp3) is 0.462. The Morgan fingerprint density at radius 3 is 2.95 bits per heavy atom. The Morgan fingerprint density at radius 2 is 2.20 bits per heavy atom. The van der Waals surface area contributed by atoms with Crippen LogP contribution in [0.3, 0.4) is 0 Å². The molecule has 0 amide bonds. The number of hydrogen-bond donors (Lipinski definition) is 2. The van der Waals surface area contributed by atoms with Crippen LogP contribution in [-0.2, 0) is 10.5 Å². The monoisotopic (exact) mass is 317 g/mol. The first-order valence-corrected chi connectivity index (χ1v) is 7.75. The summed E-state index contributed by atoms with van der Waals surface area (Å²) in [6.07, 6.45) is 0.822. The molecule has 0 unspecified atom stereocenters. The average Bonchev–Trinajstić information content (AvgIpc) is 2.64. The van der Waals surface area contributed by atoms with Gasteiger partial charge in [-0.15, -0.1) is 0 Å². The van der Waals surface area contributed by atoms with Gasteiger partial charge < -0.3 is 20.3 Å². The molecule has 110 valence electrons. The Bertz CT molecular complexity index is 498. The third-order valence-corrected chi connectivity index (χ3v) is 4.16. The predicted octanol–water partition coefficient (Wildman–Crippen LogP) is 2.15. The predicted molar refractivity (Wildman–Crippen MR) is 78.8 cm³/mol. The fourth-order valence-electron chi connectivity index (χ4n) is 1.74. The van der Waals surface area contributed by atoms with Crippen molar-refractivity contribution in [3.8, 4) is 11.5 Å². The van der Waals surface area contributed by atoms with Crippen LogP contribution in [0.1, 0.15) is 12.0 Å². The number of ether oxygens (including phenoxy) is 2. The Balaban J connectivity index is 2.01. The molecule has 1 aromatic rings. The third kappa shape index (κ3) is 3.94. The van der Waals surface area contributed by atoms with Crippen LogP contribution in [0.15, 0.2) is 12.1 Å². The van der Waals surface area contributed by atoms with E-state index in [4.69, 9.17) is 31.9 Å². The number of hydrogen-bond acceptors (Lipinski definition) is 5. The number of benzene rings is 1. The number of carboxylic acids is 1. The summed E-state index contributed by atoms with van der Waals surface area (Å²) in [5, 5.41) is 9.23. The first-order valence-electron chi connectivity index (χ1n) is 6.22. The number of carboxylic acid groups (broad SMARTS) is 1. The molecule has 0 saturated carbocycles. The molecule has 5 nitrogen and oxygen atoms in total. The van der Waals surface area contributed by atoms with Gasteiger partial charge in [0.2, 0.25) is 0 Å². The van der Waals surface area contributed by atoms with Crippen LogP contribution >= 0.6 is 23.4 Å². The lowest BCUT2D eigenvalue weighted by molar-refractivity contribution is -0.137. The van der Waals surface area contributed by atoms with Crippen molar-refractivity contribution in [3.05, 3.63) is 22.7 Å². The molecule has 0 aromatic heterocycles. The van der Waals surface area contributed by atoms with E-state index in [1.54, 1.807) is 0 Å². The van der Waals surface area contributed by atoms with Gasteiger partial charge in [-0.25, -0.2) is 0 Å². The van der Waals surface area contributed by atoms with Gasteiger partial charge in [-0.2, -0.15) is 11.8 Å². The lowest BCUT2D eigenvalue weighted by Gasteiger charge is -2.12. The second kappa shape index (κ2) is 7.06. The molecule has 0 spiro atoms. The molecule has 1 aliphatic heterocycles. The van der Waals surface area contributed by atoms with Crippen molar-refractivity contribution in [2.45, 2.75) is 18.2 Å². The number of aliphatic carboxylic acids is 1. The van der Waals surface area contributed by atoms with Crippen LogP contribution < -0.4 is 15.2 Å². The van der Waals surface area contributed by atoms with E-state index in [2.05, 4.69) is 0 Å². The molecule has 20 heavy (non-hydrogen) atoms. The fourth-order valence-corrected chi connectivity index (χ4v) is 2.95. The zero-order chi connectivity index (χ0) is 14.5. The van der Waals surface area contributed by atoms with Crippen molar-refractivity contribution in [2.75, 3.05) is 19.0 Å². The summed E-state index contributed by atoms with van der Waals surface area (Å²) in [4.78, 5) is 10.6. The van der Waals surface area contributed by atoms with E-state index in [-0.39, 0.29) is 0 Å². The number of halogens is 1. The van der Waals surface area contributed by atoms with E-state index in [0.717, 1.165) is 12.0 Å². The van der Waals surface area contributed by atoms with Gasteiger partial charge in [0.25, 0.3) is 0 Å². The average molecular weight is 318 g/mol. The molecule has 0 fully saturated rings. The number of fused-ring (bicyclic) bond motifs is 1. The van der Waals surface area contributed by atoms with Crippen molar-refractivity contribution in [1.82, 2.24) is 0 Å². The largest absolute Gasteiger partial charge is 0.489 e. The van der Waals surface area contributed by atoms with Gasteiger partial charge in [0.05, 0.1) is 18.2 Å². The van der Waals surface area contributed by atoms with Crippen LogP contribution in [0.4, 0.5) is 0 Å². The summed E-state index contributed by atoms with van der Waals surface area (Å²) in [7, 11) is 0. The molecule has 1 atom stereocenters. The molecule has 0 radical (unpaired) electrons. The smallest absolute Gasteiger partial charge is 0.321 e. The maximum absolute atomic E-state index is 10.6. The van der Waals surface area contributed by atoms with Crippen molar-refractivity contribution >= 4 is 29.3 Å². The van der Waals surface area contributed by atoms with Gasteiger partial charge >= 0.3 is 5.97 Å². The molecule has 1 aromatic carbocycles. The first kappa shape index (κ1) is 15.3. The van der Waals surface area contributed by atoms with Gasteiger partial charge in [0, 0.05) is 17.9 Å². The minimum absolute atomic E-state index is 0.349. The van der Waals surface area contributed by atoms with E-state index in [1.165, 1.54) is 11.8 Å². The van der Waals surface area contributed by atoms with E-state index in [9.17, 15) is 4.79 Å². The highest BCUT2D eigenvalue weighted by molar-refractivity contribution is 7.98. The topological polar surface area (TPSA) is 81.8 Å². The van der Waals surface area contributed by atoms with Crippen LogP contribution in [0.25, 0.3) is 0 Å². The zero-order valence-electron chi connectivity index (χ0n) is 10.8. The Morgan fingerprint density at radius 1 is 1.45 bits per heavy atom. The second-order valence-electron chi connectivity index (χ2n) is 4.42. The standard InChI is InChI=1S/C13H16ClNO4S/c14-9-4-8(6-20-7-10(15)13(16)17)5-11-12(9)19-3-1-2-18-11/h4-5,10H,1-3,6-7,15H2,(H,16,17)/t10-/m1/s1. The van der Waals surface area contributed by atoms with Gasteiger partial charge in [-0.3, -0.25) is 4.79 Å². The summed E-state index contributed by atoms with van der Waals surface area (Å²) >= 11 is 7.63. The van der Waals surface area contributed by atoms with E-state index >= 15 is 0 Å². The Labute approximate surface area is 126 Å². The highest BCUT2D eigenvalue weighted by Crippen LogP contribution is 2.38. The minimum atomic E-state index is -0.991. The Hall–Kier alpha value is -1.11. The van der Waals surface area contributed by atoms with Crippen LogP contribution in [0, 0.1) is 0 Å². The molecule has 3 N–H and O–H groups in total. The molecular formula is C13H16ClNO4S. The van der Waals surface area contributed by atoms with Crippen molar-refractivity contribution in [1.29, 1.82) is 0 Å². The maximum Gasteiger partial charge on any atom is 0.321 e. The van der Waals surface area contributed by atoms with Crippen molar-refractivity contribution in [2.24, 2.45) is 5.73 Å². The van der Waals surface area contributed by atoms with Gasteiger partial charge in [-0.1, -0.05) is 11.6 Å². The minimum Gasteiger partial charge on any atom is -0.489 e. The normalized spacial score (nSPS) is 15.5. The molecule has 2 rings (SSSR count). The Kier molecular flexibility index (Phi) is 5.39. The molecule has 7 heteroatoms. The highest BCUT2D eigenvalue weighted by Gasteiger charge is 2.16. The van der Waals surface area contributed by atoms with E-state index in [1.807, 2.05) is 12.1 Å². The molecule has 1 heterocycles. The number of carbonyl (C=O) groups is 1. The highest BCUT2D eigenvalue weighted by atomic mass is 35.5. The van der Waals surface area contributed by atoms with Crippen molar-refractivity contribution in [3.63, 3.8) is 0 Å². The summed E-state index contributed by atoms with van der Waals surface area (Å²) < 4.78 is 11.1. The lowest BCUT2D eigenvalue weighted by atomic mass is 10.2. The molecule has 0 bridgehead atoms.